The Morgan fingerprint density at radius 2 is 2.00 bits per heavy atom. The van der Waals surface area contributed by atoms with Crippen LogP contribution in [0, 0.1) is 0 Å². The topological polar surface area (TPSA) is 88.7 Å². The quantitative estimate of drug-likeness (QED) is 0.225. The smallest absolute Gasteiger partial charge is 0.417 e. The number of nitrogens with zero attached hydrogens (tertiary/aromatic N) is 5. The molecule has 3 rings (SSSR count). The van der Waals surface area contributed by atoms with E-state index < -0.39 is 11.7 Å². The van der Waals surface area contributed by atoms with Gasteiger partial charge in [-0.2, -0.15) is 13.2 Å². The third kappa shape index (κ3) is 6.17. The molecule has 0 saturated heterocycles. The van der Waals surface area contributed by atoms with E-state index >= 15 is 0 Å². The Bertz CT molecular complexity index is 944. The van der Waals surface area contributed by atoms with Gasteiger partial charge in [0.05, 0.1) is 18.7 Å². The van der Waals surface area contributed by atoms with Gasteiger partial charge in [0.1, 0.15) is 6.61 Å². The molecule has 0 aliphatic rings. The lowest BCUT2D eigenvalue weighted by Gasteiger charge is -2.12. The van der Waals surface area contributed by atoms with E-state index in [-0.39, 0.29) is 36.5 Å². The van der Waals surface area contributed by atoms with Gasteiger partial charge in [0, 0.05) is 25.5 Å². The molecule has 3 aromatic rings. The number of aromatic nitrogens is 4. The van der Waals surface area contributed by atoms with Crippen molar-refractivity contribution in [3.63, 3.8) is 0 Å². The molecule has 156 valence electrons. The van der Waals surface area contributed by atoms with Gasteiger partial charge >= 0.3 is 6.18 Å². The molecule has 2 N–H and O–H groups in total. The molecule has 3 heterocycles. The van der Waals surface area contributed by atoms with Crippen LogP contribution in [0.4, 0.5) is 13.2 Å². The Kier molecular flexibility index (Phi) is 7.99. The Labute approximate surface area is 181 Å². The molecule has 8 nitrogen and oxygen atoms in total. The number of nitrogens with one attached hydrogen (secondary N) is 2. The first-order valence-electron chi connectivity index (χ1n) is 8.36. The average molecular weight is 521 g/mol. The first-order chi connectivity index (χ1) is 13.5. The van der Waals surface area contributed by atoms with Crippen molar-refractivity contribution in [2.45, 2.75) is 12.7 Å². The minimum Gasteiger partial charge on any atom is -0.476 e. The fourth-order valence-electron chi connectivity index (χ4n) is 2.35. The highest BCUT2D eigenvalue weighted by molar-refractivity contribution is 14.0. The maximum atomic E-state index is 12.5. The van der Waals surface area contributed by atoms with Crippen LogP contribution >= 0.6 is 24.0 Å². The number of alkyl halides is 3. The Hall–Kier alpha value is -2.64. The number of hydrogen-bond acceptors (Lipinski definition) is 5. The first-order valence-corrected chi connectivity index (χ1v) is 8.36. The lowest BCUT2D eigenvalue weighted by Crippen LogP contribution is -2.39. The number of halogens is 4. The average Bonchev–Trinajstić information content (AvgIpc) is 3.10. The van der Waals surface area contributed by atoms with Crippen LogP contribution in [0.25, 0.3) is 5.65 Å². The third-order valence-corrected chi connectivity index (χ3v) is 3.73. The number of hydrogen-bond donors (Lipinski definition) is 2. The molecule has 0 radical (unpaired) electrons. The van der Waals surface area contributed by atoms with Gasteiger partial charge in [-0.15, -0.1) is 34.2 Å². The predicted molar refractivity (Wildman–Crippen MR) is 111 cm³/mol. The SMILES string of the molecule is CN=C(NCCOc1ccc(C(F)(F)F)cn1)NCc1nnc2ccccn12.I. The zero-order valence-corrected chi connectivity index (χ0v) is 17.7. The largest absolute Gasteiger partial charge is 0.476 e. The fourth-order valence-corrected chi connectivity index (χ4v) is 2.35. The van der Waals surface area contributed by atoms with Crippen molar-refractivity contribution < 1.29 is 17.9 Å². The molecule has 29 heavy (non-hydrogen) atoms. The summed E-state index contributed by atoms with van der Waals surface area (Å²) in [7, 11) is 1.62. The van der Waals surface area contributed by atoms with E-state index in [2.05, 4.69) is 30.8 Å². The molecule has 0 spiro atoms. The predicted octanol–water partition coefficient (Wildman–Crippen LogP) is 2.51. The van der Waals surface area contributed by atoms with Gasteiger partial charge < -0.3 is 15.4 Å². The van der Waals surface area contributed by atoms with Crippen LogP contribution in [-0.2, 0) is 12.7 Å². The molecular weight excluding hydrogens is 502 g/mol. The molecule has 3 aromatic heterocycles. The summed E-state index contributed by atoms with van der Waals surface area (Å²) in [5.74, 6) is 1.37. The van der Waals surface area contributed by atoms with Crippen molar-refractivity contribution in [2.75, 3.05) is 20.2 Å². The van der Waals surface area contributed by atoms with Gasteiger partial charge in [-0.1, -0.05) is 6.07 Å². The molecule has 0 aliphatic heterocycles. The van der Waals surface area contributed by atoms with Crippen molar-refractivity contribution in [1.29, 1.82) is 0 Å². The molecule has 12 heteroatoms. The van der Waals surface area contributed by atoms with E-state index in [1.165, 1.54) is 6.07 Å². The molecular formula is C17H19F3IN7O. The number of rotatable bonds is 6. The van der Waals surface area contributed by atoms with Crippen LogP contribution in [0.1, 0.15) is 11.4 Å². The van der Waals surface area contributed by atoms with Crippen molar-refractivity contribution in [2.24, 2.45) is 4.99 Å². The van der Waals surface area contributed by atoms with Crippen LogP contribution in [0.3, 0.4) is 0 Å². The lowest BCUT2D eigenvalue weighted by atomic mass is 10.3. The van der Waals surface area contributed by atoms with Crippen molar-refractivity contribution in [1.82, 2.24) is 30.2 Å². The zero-order chi connectivity index (χ0) is 20.0. The van der Waals surface area contributed by atoms with Gasteiger partial charge in [0.25, 0.3) is 0 Å². The number of guanidine groups is 1. The van der Waals surface area contributed by atoms with E-state index in [1.807, 2.05) is 28.8 Å². The summed E-state index contributed by atoms with van der Waals surface area (Å²) in [6.07, 6.45) is -1.81. The van der Waals surface area contributed by atoms with E-state index in [1.54, 1.807) is 7.05 Å². The van der Waals surface area contributed by atoms with Crippen LogP contribution < -0.4 is 15.4 Å². The monoisotopic (exact) mass is 521 g/mol. The molecule has 0 saturated carbocycles. The lowest BCUT2D eigenvalue weighted by molar-refractivity contribution is -0.137. The van der Waals surface area contributed by atoms with Crippen LogP contribution in [0.2, 0.25) is 0 Å². The van der Waals surface area contributed by atoms with Gasteiger partial charge in [-0.3, -0.25) is 9.39 Å². The highest BCUT2D eigenvalue weighted by atomic mass is 127. The van der Waals surface area contributed by atoms with Crippen LogP contribution in [0.5, 0.6) is 5.88 Å². The second-order valence-corrected chi connectivity index (χ2v) is 5.63. The maximum Gasteiger partial charge on any atom is 0.417 e. The number of ether oxygens (including phenoxy) is 1. The minimum absolute atomic E-state index is 0. The van der Waals surface area contributed by atoms with Crippen LogP contribution in [0.15, 0.2) is 47.7 Å². The number of aliphatic imine (C=N–C) groups is 1. The van der Waals surface area contributed by atoms with E-state index in [9.17, 15) is 13.2 Å². The zero-order valence-electron chi connectivity index (χ0n) is 15.3. The minimum atomic E-state index is -4.42. The highest BCUT2D eigenvalue weighted by Crippen LogP contribution is 2.29. The molecule has 0 unspecified atom stereocenters. The molecule has 0 fully saturated rings. The summed E-state index contributed by atoms with van der Waals surface area (Å²) in [6, 6.07) is 7.74. The van der Waals surface area contributed by atoms with Gasteiger partial charge in [0.2, 0.25) is 5.88 Å². The Morgan fingerprint density at radius 1 is 1.17 bits per heavy atom. The van der Waals surface area contributed by atoms with Crippen molar-refractivity contribution in [3.8, 4) is 5.88 Å². The maximum absolute atomic E-state index is 12.5. The molecule has 0 amide bonds. The van der Waals surface area contributed by atoms with Crippen molar-refractivity contribution in [3.05, 3.63) is 54.1 Å². The second kappa shape index (κ2) is 10.2. The van der Waals surface area contributed by atoms with Gasteiger partial charge in [-0.05, 0) is 18.2 Å². The molecule has 0 aliphatic carbocycles. The Morgan fingerprint density at radius 3 is 2.69 bits per heavy atom. The van der Waals surface area contributed by atoms with Gasteiger partial charge in [0.15, 0.2) is 17.4 Å². The first kappa shape index (κ1) is 22.6. The second-order valence-electron chi connectivity index (χ2n) is 5.63. The summed E-state index contributed by atoms with van der Waals surface area (Å²) in [4.78, 5) is 7.74. The summed E-state index contributed by atoms with van der Waals surface area (Å²) < 4.78 is 44.7. The number of fused-ring (bicyclic) bond motifs is 1. The summed E-state index contributed by atoms with van der Waals surface area (Å²) >= 11 is 0. The third-order valence-electron chi connectivity index (χ3n) is 3.73. The summed E-state index contributed by atoms with van der Waals surface area (Å²) in [5.41, 5.74) is -0.0664. The Balaban J connectivity index is 0.00000300. The molecule has 0 aromatic carbocycles. The van der Waals surface area contributed by atoms with Crippen molar-refractivity contribution >= 4 is 35.6 Å². The van der Waals surface area contributed by atoms with E-state index in [0.717, 1.165) is 23.7 Å². The van der Waals surface area contributed by atoms with E-state index in [0.29, 0.717) is 19.0 Å². The van der Waals surface area contributed by atoms with E-state index in [4.69, 9.17) is 4.74 Å². The summed E-state index contributed by atoms with van der Waals surface area (Å²) in [5, 5.41) is 14.3. The highest BCUT2D eigenvalue weighted by Gasteiger charge is 2.30. The van der Waals surface area contributed by atoms with Crippen LogP contribution in [-0.4, -0.2) is 45.7 Å². The number of pyridine rings is 2. The normalized spacial score (nSPS) is 11.8. The van der Waals surface area contributed by atoms with Gasteiger partial charge in [-0.25, -0.2) is 4.98 Å². The molecule has 0 bridgehead atoms. The standard InChI is InChI=1S/C17H18F3N7O.HI/c1-21-16(24-11-14-26-25-13-4-2-3-8-27(13)14)22-7-9-28-15-6-5-12(10-23-15)17(18,19)20;/h2-6,8,10H,7,9,11H2,1H3,(H2,21,22,24);1H. The summed E-state index contributed by atoms with van der Waals surface area (Å²) in [6.45, 7) is 0.988. The fraction of sp³-hybridized carbons (Fsp3) is 0.294. The molecule has 0 atom stereocenters.